The summed E-state index contributed by atoms with van der Waals surface area (Å²) >= 11 is 0. The van der Waals surface area contributed by atoms with Gasteiger partial charge in [-0.15, -0.1) is 0 Å². The molecule has 2 aliphatic rings. The molecule has 0 radical (unpaired) electrons. The Kier molecular flexibility index (Phi) is 4.48. The van der Waals surface area contributed by atoms with Crippen molar-refractivity contribution < 1.29 is 9.18 Å². The van der Waals surface area contributed by atoms with Crippen LogP contribution < -0.4 is 11.1 Å². The Morgan fingerprint density at radius 1 is 1.23 bits per heavy atom. The fourth-order valence-corrected chi connectivity index (χ4v) is 3.75. The molecule has 1 atom stereocenters. The maximum Gasteiger partial charge on any atom is 0.230 e. The summed E-state index contributed by atoms with van der Waals surface area (Å²) in [6, 6.07) is 6.42. The van der Waals surface area contributed by atoms with Gasteiger partial charge in [0.2, 0.25) is 5.91 Å². The van der Waals surface area contributed by atoms with E-state index < -0.39 is 5.41 Å². The summed E-state index contributed by atoms with van der Waals surface area (Å²) < 4.78 is 13.1. The molecule has 120 valence electrons. The average Bonchev–Trinajstić information content (AvgIpc) is 3.36. The first-order valence-electron chi connectivity index (χ1n) is 8.43. The zero-order chi connectivity index (χ0) is 15.6. The number of nitrogens with one attached hydrogen (secondary N) is 1. The van der Waals surface area contributed by atoms with Crippen molar-refractivity contribution in [1.29, 1.82) is 0 Å². The lowest BCUT2D eigenvalue weighted by molar-refractivity contribution is -0.124. The van der Waals surface area contributed by atoms with Crippen molar-refractivity contribution in [3.05, 3.63) is 35.6 Å². The van der Waals surface area contributed by atoms with E-state index in [1.54, 1.807) is 12.1 Å². The van der Waals surface area contributed by atoms with Gasteiger partial charge in [0.15, 0.2) is 0 Å². The lowest BCUT2D eigenvalue weighted by Gasteiger charge is -2.31. The Morgan fingerprint density at radius 2 is 1.86 bits per heavy atom. The van der Waals surface area contributed by atoms with Crippen molar-refractivity contribution in [2.45, 2.75) is 56.4 Å². The van der Waals surface area contributed by atoms with Crippen molar-refractivity contribution in [1.82, 2.24) is 5.32 Å². The van der Waals surface area contributed by atoms with Gasteiger partial charge in [-0.3, -0.25) is 4.79 Å². The first-order valence-corrected chi connectivity index (χ1v) is 8.43. The second kappa shape index (κ2) is 6.37. The minimum Gasteiger partial charge on any atom is -0.351 e. The monoisotopic (exact) mass is 304 g/mol. The minimum atomic E-state index is -0.449. The number of halogens is 1. The molecule has 2 saturated carbocycles. The Labute approximate surface area is 131 Å². The fourth-order valence-electron chi connectivity index (χ4n) is 3.75. The Balaban J connectivity index is 1.68. The number of hydrogen-bond acceptors (Lipinski definition) is 2. The standard InChI is InChI=1S/C18H25FN2O/c19-15-8-6-14(7-9-15)18(10-11-18)17(22)21-16(12-20)13-4-2-1-3-5-13/h6-9,13,16H,1-5,10-12,20H2,(H,21,22)/t16-/m0/s1. The first kappa shape index (κ1) is 15.5. The van der Waals surface area contributed by atoms with Gasteiger partial charge in [0.05, 0.1) is 5.41 Å². The predicted molar refractivity (Wildman–Crippen MR) is 84.9 cm³/mol. The van der Waals surface area contributed by atoms with Crippen molar-refractivity contribution in [3.8, 4) is 0 Å². The smallest absolute Gasteiger partial charge is 0.230 e. The summed E-state index contributed by atoms with van der Waals surface area (Å²) in [5.74, 6) is 0.314. The van der Waals surface area contributed by atoms with Crippen molar-refractivity contribution in [2.75, 3.05) is 6.54 Å². The molecular formula is C18H25FN2O. The van der Waals surface area contributed by atoms with Gasteiger partial charge in [-0.25, -0.2) is 4.39 Å². The van der Waals surface area contributed by atoms with Gasteiger partial charge in [-0.2, -0.15) is 0 Å². The molecule has 0 unspecified atom stereocenters. The van der Waals surface area contributed by atoms with Crippen LogP contribution in [0, 0.1) is 11.7 Å². The molecule has 1 amide bonds. The van der Waals surface area contributed by atoms with Crippen molar-refractivity contribution >= 4 is 5.91 Å². The van der Waals surface area contributed by atoms with Crippen LogP contribution in [0.2, 0.25) is 0 Å². The van der Waals surface area contributed by atoms with E-state index in [4.69, 9.17) is 5.73 Å². The van der Waals surface area contributed by atoms with Gasteiger partial charge < -0.3 is 11.1 Å². The zero-order valence-corrected chi connectivity index (χ0v) is 13.0. The average molecular weight is 304 g/mol. The van der Waals surface area contributed by atoms with E-state index in [2.05, 4.69) is 5.32 Å². The van der Waals surface area contributed by atoms with Gasteiger partial charge >= 0.3 is 0 Å². The minimum absolute atomic E-state index is 0.0696. The molecule has 0 aliphatic heterocycles. The summed E-state index contributed by atoms with van der Waals surface area (Å²) in [5, 5.41) is 3.19. The normalized spacial score (nSPS) is 22.1. The second-order valence-electron chi connectivity index (χ2n) is 6.80. The Bertz CT molecular complexity index is 518. The molecule has 0 bridgehead atoms. The molecule has 4 heteroatoms. The first-order chi connectivity index (χ1) is 10.7. The topological polar surface area (TPSA) is 55.1 Å². The third-order valence-corrected chi connectivity index (χ3v) is 5.37. The third-order valence-electron chi connectivity index (χ3n) is 5.37. The SMILES string of the molecule is NC[C@H](NC(=O)C1(c2ccc(F)cc2)CC1)C1CCCCC1. The van der Waals surface area contributed by atoms with Gasteiger partial charge in [-0.1, -0.05) is 31.4 Å². The highest BCUT2D eigenvalue weighted by atomic mass is 19.1. The molecule has 1 aromatic rings. The molecule has 0 aromatic heterocycles. The van der Waals surface area contributed by atoms with Crippen LogP contribution >= 0.6 is 0 Å². The molecule has 2 aliphatic carbocycles. The largest absolute Gasteiger partial charge is 0.351 e. The molecule has 0 saturated heterocycles. The van der Waals surface area contributed by atoms with E-state index in [9.17, 15) is 9.18 Å². The summed E-state index contributed by atoms with van der Waals surface area (Å²) in [5.41, 5.74) is 6.38. The lowest BCUT2D eigenvalue weighted by atomic mass is 9.83. The zero-order valence-electron chi connectivity index (χ0n) is 13.0. The molecule has 3 rings (SSSR count). The summed E-state index contributed by atoms with van der Waals surface area (Å²) in [6.07, 6.45) is 7.76. The van der Waals surface area contributed by atoms with Crippen LogP contribution in [0.5, 0.6) is 0 Å². The molecule has 3 N–H and O–H groups in total. The number of amides is 1. The highest BCUT2D eigenvalue weighted by Gasteiger charge is 2.51. The van der Waals surface area contributed by atoms with Crippen molar-refractivity contribution in [2.24, 2.45) is 11.7 Å². The van der Waals surface area contributed by atoms with Crippen LogP contribution in [0.15, 0.2) is 24.3 Å². The number of carbonyl (C=O) groups is 1. The third kappa shape index (κ3) is 3.02. The van der Waals surface area contributed by atoms with Gasteiger partial charge in [0.1, 0.15) is 5.82 Å². The predicted octanol–water partition coefficient (Wildman–Crippen LogP) is 2.88. The number of nitrogens with two attached hydrogens (primary N) is 1. The molecule has 1 aromatic carbocycles. The van der Waals surface area contributed by atoms with Gasteiger partial charge in [0, 0.05) is 12.6 Å². The number of benzene rings is 1. The summed E-state index contributed by atoms with van der Waals surface area (Å²) in [6.45, 7) is 0.496. The molecule has 0 spiro atoms. The summed E-state index contributed by atoms with van der Waals surface area (Å²) in [4.78, 5) is 12.8. The van der Waals surface area contributed by atoms with Crippen LogP contribution in [-0.2, 0) is 10.2 Å². The Hall–Kier alpha value is -1.42. The lowest BCUT2D eigenvalue weighted by Crippen LogP contribution is -2.49. The van der Waals surface area contributed by atoms with E-state index in [0.29, 0.717) is 12.5 Å². The van der Waals surface area contributed by atoms with E-state index >= 15 is 0 Å². The van der Waals surface area contributed by atoms with Crippen LogP contribution in [0.1, 0.15) is 50.5 Å². The fraction of sp³-hybridized carbons (Fsp3) is 0.611. The van der Waals surface area contributed by atoms with Crippen LogP contribution in [0.25, 0.3) is 0 Å². The number of rotatable bonds is 5. The van der Waals surface area contributed by atoms with Crippen LogP contribution in [0.4, 0.5) is 4.39 Å². The maximum atomic E-state index is 13.1. The van der Waals surface area contributed by atoms with Crippen LogP contribution in [0.3, 0.4) is 0 Å². The molecule has 3 nitrogen and oxygen atoms in total. The number of hydrogen-bond donors (Lipinski definition) is 2. The molecule has 0 heterocycles. The summed E-state index contributed by atoms with van der Waals surface area (Å²) in [7, 11) is 0. The highest BCUT2D eigenvalue weighted by Crippen LogP contribution is 2.48. The van der Waals surface area contributed by atoms with E-state index in [1.807, 2.05) is 0 Å². The van der Waals surface area contributed by atoms with E-state index in [0.717, 1.165) is 31.2 Å². The van der Waals surface area contributed by atoms with Gasteiger partial charge in [0.25, 0.3) is 0 Å². The Morgan fingerprint density at radius 3 is 2.41 bits per heavy atom. The van der Waals surface area contributed by atoms with Gasteiger partial charge in [-0.05, 0) is 49.3 Å². The van der Waals surface area contributed by atoms with Crippen LogP contribution in [-0.4, -0.2) is 18.5 Å². The van der Waals surface area contributed by atoms with E-state index in [-0.39, 0.29) is 17.8 Å². The maximum absolute atomic E-state index is 13.1. The molecule has 22 heavy (non-hydrogen) atoms. The quantitative estimate of drug-likeness (QED) is 0.879. The second-order valence-corrected chi connectivity index (χ2v) is 6.80. The molecule has 2 fully saturated rings. The van der Waals surface area contributed by atoms with Crippen molar-refractivity contribution in [3.63, 3.8) is 0 Å². The number of carbonyl (C=O) groups excluding carboxylic acids is 1. The van der Waals surface area contributed by atoms with E-state index in [1.165, 1.54) is 31.4 Å². The highest BCUT2D eigenvalue weighted by molar-refractivity contribution is 5.91. The molecular weight excluding hydrogens is 279 g/mol.